The molecule has 2 rings (SSSR count). The van der Waals surface area contributed by atoms with E-state index in [0.29, 0.717) is 0 Å². The average molecular weight is 211 g/mol. The lowest BCUT2D eigenvalue weighted by molar-refractivity contribution is 1.54. The van der Waals surface area contributed by atoms with Crippen LogP contribution in [0, 0.1) is 0 Å². The highest BCUT2D eigenvalue weighted by molar-refractivity contribution is 7.78. The van der Waals surface area contributed by atoms with Crippen LogP contribution < -0.4 is 0 Å². The molecule has 15 heavy (non-hydrogen) atoms. The highest BCUT2D eigenvalue weighted by Gasteiger charge is 1.95. The Kier molecular flexibility index (Phi) is 3.03. The number of rotatable bonds is 2. The van der Waals surface area contributed by atoms with Crippen molar-refractivity contribution >= 4 is 23.1 Å². The van der Waals surface area contributed by atoms with E-state index in [1.165, 1.54) is 11.1 Å². The molecule has 0 N–H and O–H groups in total. The third-order valence-electron chi connectivity index (χ3n) is 2.15. The lowest BCUT2D eigenvalue weighted by Gasteiger charge is -2.00. The van der Waals surface area contributed by atoms with Gasteiger partial charge in [0, 0.05) is 0 Å². The Labute approximate surface area is 94.1 Å². The molecule has 0 aliphatic heterocycles. The predicted molar refractivity (Wildman–Crippen MR) is 66.6 cm³/mol. The number of benzene rings is 2. The van der Waals surface area contributed by atoms with Crippen LogP contribution in [0.4, 0.5) is 5.69 Å². The molecule has 0 bridgehead atoms. The van der Waals surface area contributed by atoms with Gasteiger partial charge in [-0.3, -0.25) is 0 Å². The van der Waals surface area contributed by atoms with Crippen LogP contribution in [-0.4, -0.2) is 5.16 Å². The first kappa shape index (κ1) is 9.78. The van der Waals surface area contributed by atoms with E-state index in [-0.39, 0.29) is 0 Å². The summed E-state index contributed by atoms with van der Waals surface area (Å²) in [5.41, 5.74) is 3.22. The van der Waals surface area contributed by atoms with E-state index in [9.17, 15) is 0 Å². The Morgan fingerprint density at radius 3 is 2.00 bits per heavy atom. The minimum absolute atomic E-state index is 0.838. The molecule has 1 nitrogen and oxygen atoms in total. The topological polar surface area (TPSA) is 12.4 Å². The Morgan fingerprint density at radius 2 is 1.40 bits per heavy atom. The minimum Gasteiger partial charge on any atom is -0.195 e. The van der Waals surface area contributed by atoms with Crippen molar-refractivity contribution < 1.29 is 0 Å². The van der Waals surface area contributed by atoms with Gasteiger partial charge in [-0.25, -0.2) is 0 Å². The van der Waals surface area contributed by atoms with E-state index in [1.54, 1.807) is 0 Å². The first-order valence-corrected chi connectivity index (χ1v) is 5.04. The third-order valence-corrected chi connectivity index (χ3v) is 2.24. The highest BCUT2D eigenvalue weighted by atomic mass is 32.1. The van der Waals surface area contributed by atoms with Crippen LogP contribution in [0.5, 0.6) is 0 Å². The molecule has 2 aromatic carbocycles. The lowest BCUT2D eigenvalue weighted by atomic mass is 10.1. The molecule has 0 spiro atoms. The van der Waals surface area contributed by atoms with Crippen molar-refractivity contribution in [2.75, 3.05) is 0 Å². The van der Waals surface area contributed by atoms with Crippen molar-refractivity contribution in [3.8, 4) is 11.1 Å². The van der Waals surface area contributed by atoms with Crippen LogP contribution in [-0.2, 0) is 0 Å². The molecule has 0 fully saturated rings. The quantitative estimate of drug-likeness (QED) is 0.538. The molecule has 72 valence electrons. The third kappa shape index (κ3) is 2.38. The Morgan fingerprint density at radius 1 is 0.800 bits per heavy atom. The summed E-state index contributed by atoms with van der Waals surface area (Å²) in [6, 6.07) is 18.1. The zero-order valence-corrected chi connectivity index (χ0v) is 8.87. The zero-order valence-electron chi connectivity index (χ0n) is 8.05. The van der Waals surface area contributed by atoms with Crippen LogP contribution >= 0.6 is 12.2 Å². The van der Waals surface area contributed by atoms with Crippen LogP contribution in [0.2, 0.25) is 0 Å². The van der Waals surface area contributed by atoms with Crippen molar-refractivity contribution in [2.45, 2.75) is 0 Å². The number of hydrogen-bond acceptors (Lipinski definition) is 2. The number of aliphatic imine (C=N–C) groups is 1. The Bertz CT molecular complexity index is 482. The van der Waals surface area contributed by atoms with Crippen molar-refractivity contribution in [3.63, 3.8) is 0 Å². The van der Waals surface area contributed by atoms with E-state index in [1.807, 2.05) is 42.5 Å². The summed E-state index contributed by atoms with van der Waals surface area (Å²) in [4.78, 5) is 3.91. The molecular weight excluding hydrogens is 202 g/mol. The van der Waals surface area contributed by atoms with Gasteiger partial charge in [0.05, 0.1) is 10.8 Å². The molecule has 0 radical (unpaired) electrons. The summed E-state index contributed by atoms with van der Waals surface area (Å²) < 4.78 is 0. The molecule has 0 aliphatic carbocycles. The van der Waals surface area contributed by atoms with Crippen LogP contribution in [0.15, 0.2) is 59.6 Å². The maximum Gasteiger partial charge on any atom is 0.0739 e. The SMILES string of the molecule is S=C=Nc1ccc(-c2ccccc2)cc1. The number of thiocarbonyl (C=S) groups is 1. The fourth-order valence-corrected chi connectivity index (χ4v) is 1.52. The largest absolute Gasteiger partial charge is 0.195 e. The van der Waals surface area contributed by atoms with Crippen LogP contribution in [0.1, 0.15) is 0 Å². The van der Waals surface area contributed by atoms with E-state index in [2.05, 4.69) is 34.5 Å². The summed E-state index contributed by atoms with van der Waals surface area (Å²) in [6.45, 7) is 0. The second kappa shape index (κ2) is 4.65. The lowest BCUT2D eigenvalue weighted by Crippen LogP contribution is -1.75. The van der Waals surface area contributed by atoms with Gasteiger partial charge in [0.2, 0.25) is 0 Å². The average Bonchev–Trinajstić information content (AvgIpc) is 2.32. The van der Waals surface area contributed by atoms with Gasteiger partial charge in [-0.05, 0) is 35.5 Å². The summed E-state index contributed by atoms with van der Waals surface area (Å²) >= 11 is 4.54. The van der Waals surface area contributed by atoms with Crippen LogP contribution in [0.3, 0.4) is 0 Å². The second-order valence-corrected chi connectivity index (χ2v) is 3.30. The Hall–Kier alpha value is -1.76. The number of isothiocyanates is 1. The molecule has 0 amide bonds. The maximum absolute atomic E-state index is 4.54. The highest BCUT2D eigenvalue weighted by Crippen LogP contribution is 2.21. The van der Waals surface area contributed by atoms with Crippen molar-refractivity contribution in [1.82, 2.24) is 0 Å². The summed E-state index contributed by atoms with van der Waals surface area (Å²) in [7, 11) is 0. The molecule has 0 saturated heterocycles. The van der Waals surface area contributed by atoms with Crippen molar-refractivity contribution in [1.29, 1.82) is 0 Å². The summed E-state index contributed by atoms with van der Waals surface area (Å²) in [5.74, 6) is 0. The van der Waals surface area contributed by atoms with Gasteiger partial charge in [0.15, 0.2) is 0 Å². The molecular formula is C13H9NS. The molecule has 2 aromatic rings. The molecule has 0 aliphatic rings. The zero-order chi connectivity index (χ0) is 10.5. The summed E-state index contributed by atoms with van der Waals surface area (Å²) in [5, 5.41) is 2.35. The second-order valence-electron chi connectivity index (χ2n) is 3.12. The van der Waals surface area contributed by atoms with Crippen LogP contribution in [0.25, 0.3) is 11.1 Å². The van der Waals surface area contributed by atoms with Gasteiger partial charge < -0.3 is 0 Å². The maximum atomic E-state index is 4.54. The predicted octanol–water partition coefficient (Wildman–Crippen LogP) is 4.09. The van der Waals surface area contributed by atoms with Crippen molar-refractivity contribution in [3.05, 3.63) is 54.6 Å². The number of nitrogens with zero attached hydrogens (tertiary/aromatic N) is 1. The fourth-order valence-electron chi connectivity index (χ4n) is 1.41. The van der Waals surface area contributed by atoms with E-state index >= 15 is 0 Å². The smallest absolute Gasteiger partial charge is 0.0739 e. The Balaban J connectivity index is 2.36. The normalized spacial score (nSPS) is 9.33. The van der Waals surface area contributed by atoms with E-state index in [0.717, 1.165) is 5.69 Å². The van der Waals surface area contributed by atoms with Gasteiger partial charge in [-0.15, -0.1) is 0 Å². The fraction of sp³-hybridized carbons (Fsp3) is 0. The van der Waals surface area contributed by atoms with Gasteiger partial charge in [0.1, 0.15) is 0 Å². The van der Waals surface area contributed by atoms with Gasteiger partial charge in [-0.2, -0.15) is 4.99 Å². The molecule has 0 atom stereocenters. The first-order valence-electron chi connectivity index (χ1n) is 4.63. The van der Waals surface area contributed by atoms with Gasteiger partial charge >= 0.3 is 0 Å². The van der Waals surface area contributed by atoms with E-state index < -0.39 is 0 Å². The molecule has 0 aromatic heterocycles. The molecule has 2 heteroatoms. The molecule has 0 saturated carbocycles. The molecule has 0 heterocycles. The minimum atomic E-state index is 0.838. The standard InChI is InChI=1S/C13H9NS/c15-10-14-13-8-6-12(7-9-13)11-4-2-1-3-5-11/h1-9H. The monoisotopic (exact) mass is 211 g/mol. The van der Waals surface area contributed by atoms with Gasteiger partial charge in [-0.1, -0.05) is 42.5 Å². The van der Waals surface area contributed by atoms with Gasteiger partial charge in [0.25, 0.3) is 0 Å². The van der Waals surface area contributed by atoms with Crippen molar-refractivity contribution in [2.24, 2.45) is 4.99 Å². The molecule has 0 unspecified atom stereocenters. The van der Waals surface area contributed by atoms with E-state index in [4.69, 9.17) is 0 Å². The number of hydrogen-bond donors (Lipinski definition) is 0. The summed E-state index contributed by atoms with van der Waals surface area (Å²) in [6.07, 6.45) is 0. The first-order chi connectivity index (χ1) is 7.40.